The van der Waals surface area contributed by atoms with Gasteiger partial charge in [0, 0.05) is 0 Å². The van der Waals surface area contributed by atoms with Gasteiger partial charge in [-0.1, -0.05) is 0 Å². The molecule has 2 bridgehead atoms. The van der Waals surface area contributed by atoms with Crippen LogP contribution in [-0.4, -0.2) is 23.6 Å². The van der Waals surface area contributed by atoms with Gasteiger partial charge < -0.3 is 9.47 Å². The van der Waals surface area contributed by atoms with E-state index in [9.17, 15) is 9.59 Å². The van der Waals surface area contributed by atoms with Crippen LogP contribution in [0.15, 0.2) is 0 Å². The molecule has 0 aromatic rings. The summed E-state index contributed by atoms with van der Waals surface area (Å²) in [4.78, 5) is 23.1. The van der Waals surface area contributed by atoms with Crippen LogP contribution in [0.3, 0.4) is 0 Å². The second-order valence-electron chi connectivity index (χ2n) is 4.81. The van der Waals surface area contributed by atoms with Gasteiger partial charge in [-0.25, -0.2) is 0 Å². The lowest BCUT2D eigenvalue weighted by Crippen LogP contribution is -2.47. The van der Waals surface area contributed by atoms with Gasteiger partial charge in [-0.2, -0.15) is 0 Å². The van der Waals surface area contributed by atoms with Crippen LogP contribution in [0.4, 0.5) is 0 Å². The number of cyclic esters (lactones) is 2. The zero-order chi connectivity index (χ0) is 10.1. The standard InChI is InChI=1S/C10H12O4/c1-9-4-3-5(14-9)6-7(11)13-8(12)10(6,9)2/h5-6H,3-4H2,1-2H3/t5-,6-,9+,10+/m0/s1. The molecule has 76 valence electrons. The predicted molar refractivity (Wildman–Crippen MR) is 45.2 cm³/mol. The topological polar surface area (TPSA) is 52.6 Å². The van der Waals surface area contributed by atoms with Crippen LogP contribution in [0.1, 0.15) is 26.7 Å². The quantitative estimate of drug-likeness (QED) is 0.421. The Kier molecular flexibility index (Phi) is 1.22. The normalized spacial score (nSPS) is 55.0. The Hall–Kier alpha value is -0.900. The van der Waals surface area contributed by atoms with Crippen molar-refractivity contribution in [1.82, 2.24) is 0 Å². The zero-order valence-electron chi connectivity index (χ0n) is 8.20. The van der Waals surface area contributed by atoms with E-state index in [0.717, 1.165) is 12.8 Å². The van der Waals surface area contributed by atoms with Crippen molar-refractivity contribution in [3.8, 4) is 0 Å². The molecule has 3 rings (SSSR count). The highest BCUT2D eigenvalue weighted by Crippen LogP contribution is 2.61. The first-order chi connectivity index (χ1) is 6.49. The second-order valence-corrected chi connectivity index (χ2v) is 4.81. The number of hydrogen-bond acceptors (Lipinski definition) is 4. The van der Waals surface area contributed by atoms with Crippen LogP contribution in [0.5, 0.6) is 0 Å². The summed E-state index contributed by atoms with van der Waals surface area (Å²) in [6.45, 7) is 3.71. The Labute approximate surface area is 81.6 Å². The molecule has 3 saturated heterocycles. The van der Waals surface area contributed by atoms with Gasteiger partial charge in [0.25, 0.3) is 0 Å². The Morgan fingerprint density at radius 1 is 1.36 bits per heavy atom. The maximum absolute atomic E-state index is 11.7. The van der Waals surface area contributed by atoms with E-state index >= 15 is 0 Å². The van der Waals surface area contributed by atoms with Crippen molar-refractivity contribution in [3.63, 3.8) is 0 Å². The van der Waals surface area contributed by atoms with Gasteiger partial charge in [-0.3, -0.25) is 9.59 Å². The molecule has 0 aromatic heterocycles. The van der Waals surface area contributed by atoms with Crippen molar-refractivity contribution in [2.45, 2.75) is 38.4 Å². The SMILES string of the molecule is C[C@]12CC[C@H](O1)[C@H]1C(=O)OC(=O)[C@@]12C. The molecule has 0 amide bonds. The van der Waals surface area contributed by atoms with Gasteiger partial charge in [0.2, 0.25) is 0 Å². The molecule has 0 radical (unpaired) electrons. The molecule has 4 atom stereocenters. The number of carbonyl (C=O) groups is 2. The lowest BCUT2D eigenvalue weighted by Gasteiger charge is -2.34. The average Bonchev–Trinajstić information content (AvgIpc) is 2.63. The van der Waals surface area contributed by atoms with E-state index < -0.39 is 23.0 Å². The molecule has 0 unspecified atom stereocenters. The van der Waals surface area contributed by atoms with E-state index in [2.05, 4.69) is 0 Å². The van der Waals surface area contributed by atoms with E-state index in [4.69, 9.17) is 9.47 Å². The number of fused-ring (bicyclic) bond motifs is 5. The summed E-state index contributed by atoms with van der Waals surface area (Å²) in [6, 6.07) is 0. The first-order valence-electron chi connectivity index (χ1n) is 4.93. The lowest BCUT2D eigenvalue weighted by molar-refractivity contribution is -0.162. The Bertz CT molecular complexity index is 350. The molecule has 0 aromatic carbocycles. The molecule has 4 heteroatoms. The maximum Gasteiger partial charge on any atom is 0.323 e. The van der Waals surface area contributed by atoms with E-state index in [1.807, 2.05) is 6.92 Å². The van der Waals surface area contributed by atoms with Gasteiger partial charge >= 0.3 is 11.9 Å². The number of carbonyl (C=O) groups excluding carboxylic acids is 2. The minimum atomic E-state index is -0.743. The van der Waals surface area contributed by atoms with Crippen molar-refractivity contribution in [3.05, 3.63) is 0 Å². The summed E-state index contributed by atoms with van der Waals surface area (Å²) in [5, 5.41) is 0. The van der Waals surface area contributed by atoms with Crippen LogP contribution in [-0.2, 0) is 19.1 Å². The fourth-order valence-electron chi connectivity index (χ4n) is 3.18. The number of ether oxygens (including phenoxy) is 2. The lowest BCUT2D eigenvalue weighted by atomic mass is 9.62. The van der Waals surface area contributed by atoms with Crippen molar-refractivity contribution in [1.29, 1.82) is 0 Å². The third-order valence-corrected chi connectivity index (χ3v) is 4.28. The summed E-state index contributed by atoms with van der Waals surface area (Å²) in [5.41, 5.74) is -1.24. The van der Waals surface area contributed by atoms with Crippen molar-refractivity contribution >= 4 is 11.9 Å². The molecule has 3 aliphatic rings. The maximum atomic E-state index is 11.7. The zero-order valence-corrected chi connectivity index (χ0v) is 8.20. The van der Waals surface area contributed by atoms with Crippen molar-refractivity contribution in [2.24, 2.45) is 11.3 Å². The first kappa shape index (κ1) is 8.41. The van der Waals surface area contributed by atoms with E-state index in [1.54, 1.807) is 6.92 Å². The minimum Gasteiger partial charge on any atom is -0.392 e. The first-order valence-corrected chi connectivity index (χ1v) is 4.93. The van der Waals surface area contributed by atoms with Crippen LogP contribution < -0.4 is 0 Å². The van der Waals surface area contributed by atoms with Gasteiger partial charge in [0.15, 0.2) is 0 Å². The molecule has 3 aliphatic heterocycles. The Balaban J connectivity index is 2.18. The summed E-state index contributed by atoms with van der Waals surface area (Å²) in [7, 11) is 0. The molecule has 0 spiro atoms. The molecular weight excluding hydrogens is 184 g/mol. The largest absolute Gasteiger partial charge is 0.392 e. The van der Waals surface area contributed by atoms with Crippen LogP contribution in [0.2, 0.25) is 0 Å². The smallest absolute Gasteiger partial charge is 0.323 e. The van der Waals surface area contributed by atoms with E-state index in [-0.39, 0.29) is 12.0 Å². The fraction of sp³-hybridized carbons (Fsp3) is 0.800. The molecule has 3 heterocycles. The predicted octanol–water partition coefficient (Wildman–Crippen LogP) is 0.644. The highest BCUT2D eigenvalue weighted by atomic mass is 16.6. The monoisotopic (exact) mass is 196 g/mol. The summed E-state index contributed by atoms with van der Waals surface area (Å²) >= 11 is 0. The highest BCUT2D eigenvalue weighted by Gasteiger charge is 2.74. The van der Waals surface area contributed by atoms with Gasteiger partial charge in [-0.05, 0) is 26.7 Å². The minimum absolute atomic E-state index is 0.107. The fourth-order valence-corrected chi connectivity index (χ4v) is 3.18. The number of hydrogen-bond donors (Lipinski definition) is 0. The van der Waals surface area contributed by atoms with Crippen LogP contribution >= 0.6 is 0 Å². The number of esters is 2. The summed E-state index contributed by atoms with van der Waals surface area (Å²) < 4.78 is 10.5. The third-order valence-electron chi connectivity index (χ3n) is 4.28. The van der Waals surface area contributed by atoms with Crippen LogP contribution in [0, 0.1) is 11.3 Å². The third kappa shape index (κ3) is 0.610. The van der Waals surface area contributed by atoms with Crippen LogP contribution in [0.25, 0.3) is 0 Å². The van der Waals surface area contributed by atoms with E-state index in [0.29, 0.717) is 0 Å². The summed E-state index contributed by atoms with van der Waals surface area (Å²) in [6.07, 6.45) is 1.59. The molecule has 3 fully saturated rings. The molecule has 14 heavy (non-hydrogen) atoms. The molecule has 4 nitrogen and oxygen atoms in total. The molecule has 0 aliphatic carbocycles. The van der Waals surface area contributed by atoms with Crippen molar-refractivity contribution in [2.75, 3.05) is 0 Å². The van der Waals surface area contributed by atoms with E-state index in [1.165, 1.54) is 0 Å². The van der Waals surface area contributed by atoms with Gasteiger partial charge in [-0.15, -0.1) is 0 Å². The Morgan fingerprint density at radius 3 is 2.71 bits per heavy atom. The van der Waals surface area contributed by atoms with Crippen molar-refractivity contribution < 1.29 is 19.1 Å². The Morgan fingerprint density at radius 2 is 2.07 bits per heavy atom. The molecule has 0 saturated carbocycles. The number of rotatable bonds is 0. The van der Waals surface area contributed by atoms with Gasteiger partial charge in [0.1, 0.15) is 11.3 Å². The molecule has 0 N–H and O–H groups in total. The summed E-state index contributed by atoms with van der Waals surface area (Å²) in [5.74, 6) is -1.17. The average molecular weight is 196 g/mol. The molecular formula is C10H12O4. The second kappa shape index (κ2) is 2.03. The van der Waals surface area contributed by atoms with Gasteiger partial charge in [0.05, 0.1) is 11.7 Å². The highest BCUT2D eigenvalue weighted by molar-refractivity contribution is 6.01.